The molecule has 1 aromatic carbocycles. The van der Waals surface area contributed by atoms with Crippen LogP contribution in [0.5, 0.6) is 0 Å². The summed E-state index contributed by atoms with van der Waals surface area (Å²) in [5.74, 6) is 0.752. The summed E-state index contributed by atoms with van der Waals surface area (Å²) < 4.78 is 13.9. The Bertz CT molecular complexity index is 1060. The Morgan fingerprint density at radius 2 is 2.13 bits per heavy atom. The van der Waals surface area contributed by atoms with Gasteiger partial charge in [-0.05, 0) is 37.6 Å². The average Bonchev–Trinajstić information content (AvgIpc) is 3.39. The standard InChI is InChI=1S/C21H27FN8O/c22-15-3-4-16-17(10-15)29-21(28-16,14-2-1-7-30(11-14)8-9-31)5-6-23-19-18-20(25-12-24-18)27-13-26-19/h3-4,10,12-14,28-29,31H,1-2,5-9,11H2,(H2,23,24,25,26,27)/t14-,21?/m1/s1. The summed E-state index contributed by atoms with van der Waals surface area (Å²) in [5.41, 5.74) is 2.69. The molecule has 0 aliphatic carbocycles. The molecule has 1 unspecified atom stereocenters. The zero-order valence-electron chi connectivity index (χ0n) is 17.2. The second-order valence-electron chi connectivity index (χ2n) is 8.27. The number of fused-ring (bicyclic) bond motifs is 2. The highest BCUT2D eigenvalue weighted by molar-refractivity contribution is 5.82. The van der Waals surface area contributed by atoms with Crippen molar-refractivity contribution in [1.82, 2.24) is 24.8 Å². The average molecular weight is 427 g/mol. The van der Waals surface area contributed by atoms with Gasteiger partial charge in [-0.1, -0.05) is 0 Å². The maximum atomic E-state index is 13.9. The molecule has 0 radical (unpaired) electrons. The topological polar surface area (TPSA) is 114 Å². The summed E-state index contributed by atoms with van der Waals surface area (Å²) in [6.07, 6.45) is 5.97. The molecule has 0 spiro atoms. The number of aliphatic hydroxyl groups is 1. The smallest absolute Gasteiger partial charge is 0.182 e. The lowest BCUT2D eigenvalue weighted by Crippen LogP contribution is -2.56. The Kier molecular flexibility index (Phi) is 5.33. The molecular weight excluding hydrogens is 399 g/mol. The first-order valence-electron chi connectivity index (χ1n) is 10.7. The van der Waals surface area contributed by atoms with Crippen LogP contribution in [0.2, 0.25) is 0 Å². The number of aromatic amines is 1. The molecule has 0 amide bonds. The quantitative estimate of drug-likeness (QED) is 0.391. The van der Waals surface area contributed by atoms with E-state index < -0.39 is 5.66 Å². The number of imidazole rings is 1. The molecule has 31 heavy (non-hydrogen) atoms. The van der Waals surface area contributed by atoms with Crippen molar-refractivity contribution in [1.29, 1.82) is 0 Å². The third-order valence-electron chi connectivity index (χ3n) is 6.35. The molecule has 9 nitrogen and oxygen atoms in total. The number of hydrogen-bond donors (Lipinski definition) is 5. The van der Waals surface area contributed by atoms with E-state index >= 15 is 0 Å². The van der Waals surface area contributed by atoms with Gasteiger partial charge in [-0.2, -0.15) is 0 Å². The van der Waals surface area contributed by atoms with Crippen LogP contribution < -0.4 is 16.0 Å². The Morgan fingerprint density at radius 3 is 3.03 bits per heavy atom. The lowest BCUT2D eigenvalue weighted by Gasteiger charge is -2.44. The third kappa shape index (κ3) is 3.88. The zero-order valence-corrected chi connectivity index (χ0v) is 17.2. The number of aliphatic hydroxyl groups excluding tert-OH is 1. The van der Waals surface area contributed by atoms with Crippen LogP contribution in [-0.2, 0) is 0 Å². The van der Waals surface area contributed by atoms with Crippen molar-refractivity contribution in [2.45, 2.75) is 24.9 Å². The monoisotopic (exact) mass is 426 g/mol. The number of hydrogen-bond acceptors (Lipinski definition) is 8. The molecule has 1 saturated heterocycles. The normalized spacial score (nSPS) is 23.4. The van der Waals surface area contributed by atoms with E-state index in [-0.39, 0.29) is 12.4 Å². The minimum absolute atomic E-state index is 0.154. The van der Waals surface area contributed by atoms with Gasteiger partial charge in [-0.15, -0.1) is 0 Å². The first-order valence-corrected chi connectivity index (χ1v) is 10.7. The Balaban J connectivity index is 1.36. The first kappa shape index (κ1) is 20.0. The van der Waals surface area contributed by atoms with Gasteiger partial charge in [0.15, 0.2) is 11.5 Å². The van der Waals surface area contributed by atoms with Crippen LogP contribution >= 0.6 is 0 Å². The highest BCUT2D eigenvalue weighted by atomic mass is 19.1. The number of H-pyrrole nitrogens is 1. The molecule has 0 saturated carbocycles. The van der Waals surface area contributed by atoms with Gasteiger partial charge < -0.3 is 30.9 Å². The van der Waals surface area contributed by atoms with Crippen LogP contribution in [0, 0.1) is 11.7 Å². The molecule has 0 bridgehead atoms. The summed E-state index contributed by atoms with van der Waals surface area (Å²) in [5, 5.41) is 20.1. The number of rotatable bonds is 7. The number of halogens is 1. The SMILES string of the molecule is OCCN1CCC[C@@H](C2(CCNc3ncnc4nc[nH]c34)Nc3ccc(F)cc3N2)C1. The van der Waals surface area contributed by atoms with Crippen LogP contribution in [-0.4, -0.2) is 68.4 Å². The van der Waals surface area contributed by atoms with Gasteiger partial charge in [0.25, 0.3) is 0 Å². The molecule has 1 fully saturated rings. The van der Waals surface area contributed by atoms with E-state index in [1.54, 1.807) is 18.5 Å². The highest BCUT2D eigenvalue weighted by Crippen LogP contribution is 2.42. The number of benzene rings is 1. The van der Waals surface area contributed by atoms with Gasteiger partial charge in [-0.3, -0.25) is 0 Å². The molecule has 4 heterocycles. The minimum atomic E-state index is -0.419. The summed E-state index contributed by atoms with van der Waals surface area (Å²) >= 11 is 0. The molecular formula is C21H27FN8O. The van der Waals surface area contributed by atoms with Gasteiger partial charge in [0, 0.05) is 32.0 Å². The number of aromatic nitrogens is 4. The molecule has 10 heteroatoms. The molecule has 2 aromatic heterocycles. The van der Waals surface area contributed by atoms with Crippen LogP contribution in [0.25, 0.3) is 11.2 Å². The summed E-state index contributed by atoms with van der Waals surface area (Å²) in [6, 6.07) is 4.82. The maximum Gasteiger partial charge on any atom is 0.182 e. The van der Waals surface area contributed by atoms with E-state index in [1.807, 2.05) is 0 Å². The molecule has 164 valence electrons. The lowest BCUT2D eigenvalue weighted by molar-refractivity contribution is 0.112. The fourth-order valence-electron chi connectivity index (χ4n) is 4.85. The van der Waals surface area contributed by atoms with E-state index in [0.717, 1.165) is 49.2 Å². The van der Waals surface area contributed by atoms with Gasteiger partial charge in [0.05, 0.1) is 24.3 Å². The van der Waals surface area contributed by atoms with Gasteiger partial charge >= 0.3 is 0 Å². The molecule has 2 atom stereocenters. The van der Waals surface area contributed by atoms with Gasteiger partial charge in [0.1, 0.15) is 23.3 Å². The van der Waals surface area contributed by atoms with Crippen molar-refractivity contribution in [3.8, 4) is 0 Å². The van der Waals surface area contributed by atoms with Crippen molar-refractivity contribution in [2.75, 3.05) is 48.7 Å². The number of anilines is 3. The number of nitrogens with zero attached hydrogens (tertiary/aromatic N) is 4. The number of nitrogens with one attached hydrogen (secondary N) is 4. The Morgan fingerprint density at radius 1 is 1.23 bits per heavy atom. The van der Waals surface area contributed by atoms with Crippen molar-refractivity contribution >= 4 is 28.4 Å². The molecule has 5 N–H and O–H groups in total. The van der Waals surface area contributed by atoms with E-state index in [4.69, 9.17) is 0 Å². The van der Waals surface area contributed by atoms with Gasteiger partial charge in [0.2, 0.25) is 0 Å². The highest BCUT2D eigenvalue weighted by Gasteiger charge is 2.44. The largest absolute Gasteiger partial charge is 0.395 e. The molecule has 3 aromatic rings. The molecule has 5 rings (SSSR count). The number of piperidine rings is 1. The van der Waals surface area contributed by atoms with Crippen LogP contribution in [0.4, 0.5) is 21.6 Å². The lowest BCUT2D eigenvalue weighted by atomic mass is 9.83. The van der Waals surface area contributed by atoms with Crippen molar-refractivity contribution in [3.05, 3.63) is 36.7 Å². The Labute approximate surface area is 179 Å². The Hall–Kier alpha value is -2.98. The van der Waals surface area contributed by atoms with Crippen LogP contribution in [0.15, 0.2) is 30.9 Å². The van der Waals surface area contributed by atoms with Crippen molar-refractivity contribution in [2.24, 2.45) is 5.92 Å². The summed E-state index contributed by atoms with van der Waals surface area (Å²) in [6.45, 7) is 3.34. The van der Waals surface area contributed by atoms with E-state index in [1.165, 1.54) is 12.4 Å². The fourth-order valence-corrected chi connectivity index (χ4v) is 4.85. The van der Waals surface area contributed by atoms with Crippen LogP contribution in [0.3, 0.4) is 0 Å². The summed E-state index contributed by atoms with van der Waals surface area (Å²) in [7, 11) is 0. The van der Waals surface area contributed by atoms with Crippen molar-refractivity contribution < 1.29 is 9.50 Å². The van der Waals surface area contributed by atoms with E-state index in [9.17, 15) is 9.50 Å². The molecule has 2 aliphatic rings. The molecule has 2 aliphatic heterocycles. The zero-order chi connectivity index (χ0) is 21.3. The van der Waals surface area contributed by atoms with Gasteiger partial charge in [-0.25, -0.2) is 19.3 Å². The number of β-amino-alcohol motifs (C(OH)–C–C–N with tert-alkyl or cyclic N) is 1. The van der Waals surface area contributed by atoms with Crippen molar-refractivity contribution in [3.63, 3.8) is 0 Å². The summed E-state index contributed by atoms with van der Waals surface area (Å²) in [4.78, 5) is 18.1. The first-order chi connectivity index (χ1) is 15.2. The second-order valence-corrected chi connectivity index (χ2v) is 8.27. The van der Waals surface area contributed by atoms with E-state index in [2.05, 4.69) is 40.8 Å². The fraction of sp³-hybridized carbons (Fsp3) is 0.476. The maximum absolute atomic E-state index is 13.9. The minimum Gasteiger partial charge on any atom is -0.395 e. The second kappa shape index (κ2) is 8.27. The third-order valence-corrected chi connectivity index (χ3v) is 6.35. The number of likely N-dealkylation sites (tertiary alicyclic amines) is 1. The predicted octanol–water partition coefficient (Wildman–Crippen LogP) is 2.23. The van der Waals surface area contributed by atoms with E-state index in [0.29, 0.717) is 30.5 Å². The predicted molar refractivity (Wildman–Crippen MR) is 117 cm³/mol. The van der Waals surface area contributed by atoms with Crippen LogP contribution in [0.1, 0.15) is 19.3 Å².